The van der Waals surface area contributed by atoms with E-state index in [1.54, 1.807) is 23.7 Å². The molecule has 1 aliphatic heterocycles. The molecule has 3 heterocycles. The third kappa shape index (κ3) is 3.29. The molecule has 0 atom stereocenters. The van der Waals surface area contributed by atoms with Crippen molar-refractivity contribution in [3.63, 3.8) is 0 Å². The van der Waals surface area contributed by atoms with E-state index < -0.39 is 0 Å². The fourth-order valence-corrected chi connectivity index (χ4v) is 4.38. The zero-order chi connectivity index (χ0) is 17.1. The van der Waals surface area contributed by atoms with Gasteiger partial charge < -0.3 is 4.90 Å². The molecule has 0 radical (unpaired) electrons. The van der Waals surface area contributed by atoms with E-state index in [1.807, 2.05) is 6.07 Å². The van der Waals surface area contributed by atoms with Crippen molar-refractivity contribution in [1.82, 2.24) is 4.98 Å². The first-order valence-corrected chi connectivity index (χ1v) is 9.46. The number of nitriles is 1. The van der Waals surface area contributed by atoms with Gasteiger partial charge in [-0.05, 0) is 55.2 Å². The van der Waals surface area contributed by atoms with Crippen LogP contribution in [0.1, 0.15) is 24.8 Å². The van der Waals surface area contributed by atoms with E-state index in [4.69, 9.17) is 0 Å². The van der Waals surface area contributed by atoms with E-state index in [1.165, 1.54) is 48.5 Å². The highest BCUT2D eigenvalue weighted by molar-refractivity contribution is 7.18. The SMILES string of the molecule is N#Cc1cnccc1-c1ccc(-c2ccc(N3CCCCC3)cc2)s1. The maximum atomic E-state index is 9.27. The summed E-state index contributed by atoms with van der Waals surface area (Å²) >= 11 is 1.72. The maximum absolute atomic E-state index is 9.27. The van der Waals surface area contributed by atoms with Gasteiger partial charge in [0.25, 0.3) is 0 Å². The van der Waals surface area contributed by atoms with Crippen LogP contribution in [0.2, 0.25) is 0 Å². The molecule has 0 saturated carbocycles. The molecule has 0 amide bonds. The molecule has 1 aliphatic rings. The average molecular weight is 345 g/mol. The molecule has 124 valence electrons. The molecule has 2 aromatic heterocycles. The lowest BCUT2D eigenvalue weighted by Crippen LogP contribution is -2.29. The van der Waals surface area contributed by atoms with Gasteiger partial charge in [-0.2, -0.15) is 5.26 Å². The number of benzene rings is 1. The third-order valence-corrected chi connectivity index (χ3v) is 5.85. The molecule has 0 unspecified atom stereocenters. The molecule has 25 heavy (non-hydrogen) atoms. The zero-order valence-electron chi connectivity index (χ0n) is 14.0. The van der Waals surface area contributed by atoms with Crippen LogP contribution in [0.3, 0.4) is 0 Å². The Morgan fingerprint density at radius 3 is 2.44 bits per heavy atom. The molecule has 0 spiro atoms. The Balaban J connectivity index is 1.59. The molecule has 4 rings (SSSR count). The summed E-state index contributed by atoms with van der Waals surface area (Å²) < 4.78 is 0. The number of hydrogen-bond donors (Lipinski definition) is 0. The number of hydrogen-bond acceptors (Lipinski definition) is 4. The smallest absolute Gasteiger partial charge is 0.101 e. The van der Waals surface area contributed by atoms with Gasteiger partial charge >= 0.3 is 0 Å². The van der Waals surface area contributed by atoms with E-state index in [0.717, 1.165) is 10.4 Å². The van der Waals surface area contributed by atoms with Crippen LogP contribution in [0.15, 0.2) is 54.9 Å². The fraction of sp³-hybridized carbons (Fsp3) is 0.238. The highest BCUT2D eigenvalue weighted by Gasteiger charge is 2.12. The Bertz CT molecular complexity index is 899. The van der Waals surface area contributed by atoms with E-state index in [0.29, 0.717) is 5.56 Å². The van der Waals surface area contributed by atoms with E-state index in [2.05, 4.69) is 52.4 Å². The van der Waals surface area contributed by atoms with Gasteiger partial charge in [0.2, 0.25) is 0 Å². The number of anilines is 1. The first-order valence-electron chi connectivity index (χ1n) is 8.65. The summed E-state index contributed by atoms with van der Waals surface area (Å²) in [5, 5.41) is 9.27. The van der Waals surface area contributed by atoms with Gasteiger partial charge in [0.05, 0.1) is 5.56 Å². The lowest BCUT2D eigenvalue weighted by molar-refractivity contribution is 0.578. The summed E-state index contributed by atoms with van der Waals surface area (Å²) in [7, 11) is 0. The fourth-order valence-electron chi connectivity index (χ4n) is 3.32. The third-order valence-electron chi connectivity index (χ3n) is 4.69. The molecule has 3 nitrogen and oxygen atoms in total. The van der Waals surface area contributed by atoms with Crippen LogP contribution in [-0.4, -0.2) is 18.1 Å². The van der Waals surface area contributed by atoms with Crippen LogP contribution < -0.4 is 4.90 Å². The van der Waals surface area contributed by atoms with E-state index >= 15 is 0 Å². The standard InChI is InChI=1S/C21H19N3S/c22-14-17-15-23-11-10-19(17)21-9-8-20(25-21)16-4-6-18(7-5-16)24-12-2-1-3-13-24/h4-11,15H,1-3,12-13H2. The quantitative estimate of drug-likeness (QED) is 0.643. The Hall–Kier alpha value is -2.64. The number of pyridine rings is 1. The maximum Gasteiger partial charge on any atom is 0.101 e. The topological polar surface area (TPSA) is 39.9 Å². The van der Waals surface area contributed by atoms with Crippen molar-refractivity contribution in [1.29, 1.82) is 5.26 Å². The average Bonchev–Trinajstić information content (AvgIpc) is 3.19. The van der Waals surface area contributed by atoms with Gasteiger partial charge in [-0.3, -0.25) is 4.98 Å². The lowest BCUT2D eigenvalue weighted by Gasteiger charge is -2.28. The normalized spacial score (nSPS) is 14.3. The van der Waals surface area contributed by atoms with Crippen LogP contribution >= 0.6 is 11.3 Å². The minimum atomic E-state index is 0.622. The van der Waals surface area contributed by atoms with Crippen LogP contribution in [0.25, 0.3) is 20.9 Å². The number of thiophene rings is 1. The number of nitrogens with zero attached hydrogens (tertiary/aromatic N) is 3. The van der Waals surface area contributed by atoms with Crippen molar-refractivity contribution in [2.75, 3.05) is 18.0 Å². The summed E-state index contributed by atoms with van der Waals surface area (Å²) in [6.45, 7) is 2.34. The van der Waals surface area contributed by atoms with Gasteiger partial charge in [-0.15, -0.1) is 11.3 Å². The van der Waals surface area contributed by atoms with Crippen LogP contribution in [0.5, 0.6) is 0 Å². The molecule has 3 aromatic rings. The molecule has 4 heteroatoms. The Morgan fingerprint density at radius 1 is 0.920 bits per heavy atom. The second-order valence-electron chi connectivity index (χ2n) is 6.29. The number of rotatable bonds is 3. The van der Waals surface area contributed by atoms with Crippen LogP contribution in [0.4, 0.5) is 5.69 Å². The second kappa shape index (κ2) is 7.08. The Kier molecular flexibility index (Phi) is 4.49. The van der Waals surface area contributed by atoms with Crippen molar-refractivity contribution >= 4 is 17.0 Å². The lowest BCUT2D eigenvalue weighted by atomic mass is 10.1. The molecule has 0 aliphatic carbocycles. The molecule has 1 saturated heterocycles. The van der Waals surface area contributed by atoms with Gasteiger partial charge in [0.1, 0.15) is 6.07 Å². The minimum absolute atomic E-state index is 0.622. The van der Waals surface area contributed by atoms with E-state index in [9.17, 15) is 5.26 Å². The molecule has 0 bridgehead atoms. The van der Waals surface area contributed by atoms with Crippen molar-refractivity contribution in [2.45, 2.75) is 19.3 Å². The van der Waals surface area contributed by atoms with Crippen LogP contribution in [-0.2, 0) is 0 Å². The van der Waals surface area contributed by atoms with Crippen molar-refractivity contribution in [3.8, 4) is 27.0 Å². The summed E-state index contributed by atoms with van der Waals surface area (Å²) in [4.78, 5) is 8.84. The van der Waals surface area contributed by atoms with Gasteiger partial charge in [-0.1, -0.05) is 12.1 Å². The molecule has 0 N–H and O–H groups in total. The molecular weight excluding hydrogens is 326 g/mol. The van der Waals surface area contributed by atoms with E-state index in [-0.39, 0.29) is 0 Å². The first kappa shape index (κ1) is 15.9. The largest absolute Gasteiger partial charge is 0.372 e. The summed E-state index contributed by atoms with van der Waals surface area (Å²) in [5.74, 6) is 0. The zero-order valence-corrected chi connectivity index (χ0v) is 14.8. The first-order chi connectivity index (χ1) is 12.3. The van der Waals surface area contributed by atoms with Crippen LogP contribution in [0, 0.1) is 11.3 Å². The highest BCUT2D eigenvalue weighted by atomic mass is 32.1. The van der Waals surface area contributed by atoms with Crippen molar-refractivity contribution < 1.29 is 0 Å². The van der Waals surface area contributed by atoms with Crippen molar-refractivity contribution in [2.24, 2.45) is 0 Å². The number of aromatic nitrogens is 1. The molecular formula is C21H19N3S. The second-order valence-corrected chi connectivity index (χ2v) is 7.38. The van der Waals surface area contributed by atoms with Gasteiger partial charge in [0.15, 0.2) is 0 Å². The predicted molar refractivity (Wildman–Crippen MR) is 104 cm³/mol. The highest BCUT2D eigenvalue weighted by Crippen LogP contribution is 2.36. The summed E-state index contributed by atoms with van der Waals surface area (Å²) in [5.41, 5.74) is 4.13. The predicted octanol–water partition coefficient (Wildman–Crippen LogP) is 5.34. The van der Waals surface area contributed by atoms with Crippen molar-refractivity contribution in [3.05, 3.63) is 60.4 Å². The monoisotopic (exact) mass is 345 g/mol. The summed E-state index contributed by atoms with van der Waals surface area (Å²) in [6.07, 6.45) is 7.31. The Labute approximate surface area is 152 Å². The van der Waals surface area contributed by atoms with Gasteiger partial charge in [0, 0.05) is 46.5 Å². The minimum Gasteiger partial charge on any atom is -0.372 e. The summed E-state index contributed by atoms with van der Waals surface area (Å²) in [6, 6.07) is 17.2. The Morgan fingerprint density at radius 2 is 1.68 bits per heavy atom. The number of piperidine rings is 1. The molecule has 1 aromatic carbocycles. The van der Waals surface area contributed by atoms with Gasteiger partial charge in [-0.25, -0.2) is 0 Å². The molecule has 1 fully saturated rings.